The van der Waals surface area contributed by atoms with E-state index < -0.39 is 17.1 Å². The van der Waals surface area contributed by atoms with Crippen LogP contribution >= 0.6 is 23.6 Å². The zero-order valence-corrected chi connectivity index (χ0v) is 11.8. The minimum Gasteiger partial charge on any atom is -0.393 e. The highest BCUT2D eigenvalue weighted by Crippen LogP contribution is 2.34. The average molecular weight is 308 g/mol. The first kappa shape index (κ1) is 14.7. The number of rotatable bonds is 6. The lowest BCUT2D eigenvalue weighted by Crippen LogP contribution is -2.44. The highest BCUT2D eigenvalue weighted by Gasteiger charge is 2.44. The Labute approximate surface area is 119 Å². The molecule has 0 saturated heterocycles. The van der Waals surface area contributed by atoms with Crippen LogP contribution in [0.3, 0.4) is 0 Å². The molecule has 0 aromatic carbocycles. The van der Waals surface area contributed by atoms with Crippen LogP contribution in [0.4, 0.5) is 13.2 Å². The van der Waals surface area contributed by atoms with E-state index in [2.05, 4.69) is 12.2 Å². The number of halogens is 3. The Morgan fingerprint density at radius 3 is 2.63 bits per heavy atom. The lowest BCUT2D eigenvalue weighted by Gasteiger charge is -2.28. The maximum absolute atomic E-state index is 12.9. The van der Waals surface area contributed by atoms with Gasteiger partial charge in [0.15, 0.2) is 0 Å². The van der Waals surface area contributed by atoms with Crippen molar-refractivity contribution in [2.75, 3.05) is 6.54 Å². The van der Waals surface area contributed by atoms with Gasteiger partial charge in [-0.3, -0.25) is 4.90 Å². The normalized spacial score (nSPS) is 17.7. The first-order chi connectivity index (χ1) is 8.88. The number of thiocarbonyl (C=S) groups is 1. The van der Waals surface area contributed by atoms with E-state index in [1.807, 2.05) is 22.4 Å². The zero-order chi connectivity index (χ0) is 14.0. The van der Waals surface area contributed by atoms with Crippen molar-refractivity contribution in [3.8, 4) is 0 Å². The fraction of sp³-hybridized carbons (Fsp3) is 0.583. The number of nitrogens with two attached hydrogens (primary N) is 1. The van der Waals surface area contributed by atoms with Gasteiger partial charge in [-0.15, -0.1) is 11.3 Å². The Kier molecular flexibility index (Phi) is 4.47. The van der Waals surface area contributed by atoms with E-state index in [9.17, 15) is 13.2 Å². The summed E-state index contributed by atoms with van der Waals surface area (Å²) in [6.07, 6.45) is -2.46. The second-order valence-corrected chi connectivity index (χ2v) is 6.24. The lowest BCUT2D eigenvalue weighted by atomic mass is 10.1. The maximum Gasteiger partial charge on any atom is 0.399 e. The van der Waals surface area contributed by atoms with Crippen LogP contribution in [-0.4, -0.2) is 28.7 Å². The third kappa shape index (κ3) is 4.15. The van der Waals surface area contributed by atoms with Crippen molar-refractivity contribution >= 4 is 28.5 Å². The number of hydrogen-bond donors (Lipinski definition) is 1. The van der Waals surface area contributed by atoms with Gasteiger partial charge >= 0.3 is 6.18 Å². The highest BCUT2D eigenvalue weighted by atomic mass is 32.1. The molecule has 1 aromatic heterocycles. The molecule has 1 atom stereocenters. The average Bonchev–Trinajstić information content (AvgIpc) is 3.00. The molecular formula is C12H15F3N2S2. The van der Waals surface area contributed by atoms with E-state index in [0.717, 1.165) is 17.7 Å². The Morgan fingerprint density at radius 1 is 1.53 bits per heavy atom. The Morgan fingerprint density at radius 2 is 2.21 bits per heavy atom. The van der Waals surface area contributed by atoms with Crippen LogP contribution in [0, 0.1) is 5.92 Å². The molecule has 1 fully saturated rings. The monoisotopic (exact) mass is 308 g/mol. The summed E-state index contributed by atoms with van der Waals surface area (Å²) in [5.41, 5.74) is 5.25. The molecule has 2 rings (SSSR count). The number of alkyl halides is 3. The summed E-state index contributed by atoms with van der Waals surface area (Å²) in [5, 5.41) is 1.93. The van der Waals surface area contributed by atoms with Gasteiger partial charge in [0, 0.05) is 24.0 Å². The molecule has 0 aliphatic heterocycles. The second-order valence-electron chi connectivity index (χ2n) is 4.74. The fourth-order valence-corrected chi connectivity index (χ4v) is 2.91. The molecule has 1 unspecified atom stereocenters. The van der Waals surface area contributed by atoms with E-state index in [-0.39, 0.29) is 12.6 Å². The van der Waals surface area contributed by atoms with E-state index in [0.29, 0.717) is 6.54 Å². The predicted molar refractivity (Wildman–Crippen MR) is 74.1 cm³/mol. The van der Waals surface area contributed by atoms with Gasteiger partial charge in [0.2, 0.25) is 0 Å². The summed E-state index contributed by atoms with van der Waals surface area (Å²) in [6, 6.07) is 4.07. The number of thiophene rings is 1. The molecule has 106 valence electrons. The van der Waals surface area contributed by atoms with Gasteiger partial charge in [-0.2, -0.15) is 13.2 Å². The topological polar surface area (TPSA) is 29.3 Å². The lowest BCUT2D eigenvalue weighted by molar-refractivity contribution is -0.159. The van der Waals surface area contributed by atoms with Crippen molar-refractivity contribution in [2.45, 2.75) is 31.6 Å². The van der Waals surface area contributed by atoms with Crippen molar-refractivity contribution in [1.29, 1.82) is 0 Å². The van der Waals surface area contributed by atoms with Crippen molar-refractivity contribution in [1.82, 2.24) is 4.90 Å². The van der Waals surface area contributed by atoms with E-state index in [4.69, 9.17) is 5.73 Å². The molecule has 0 radical (unpaired) electrons. The van der Waals surface area contributed by atoms with Crippen LogP contribution in [0.25, 0.3) is 0 Å². The highest BCUT2D eigenvalue weighted by molar-refractivity contribution is 7.80. The first-order valence-electron chi connectivity index (χ1n) is 6.00. The van der Waals surface area contributed by atoms with Crippen molar-refractivity contribution in [2.24, 2.45) is 11.7 Å². The summed E-state index contributed by atoms with van der Waals surface area (Å²) < 4.78 is 38.7. The SMILES string of the molecule is NC(=S)C(CN(Cc1cccs1)C1CC1)C(F)(F)F. The predicted octanol–water partition coefficient (Wildman–Crippen LogP) is 3.18. The number of nitrogens with zero attached hydrogens (tertiary/aromatic N) is 1. The smallest absolute Gasteiger partial charge is 0.393 e. The van der Waals surface area contributed by atoms with Crippen LogP contribution in [0.15, 0.2) is 17.5 Å². The maximum atomic E-state index is 12.9. The third-order valence-corrected chi connectivity index (χ3v) is 4.30. The molecule has 1 aromatic rings. The summed E-state index contributed by atoms with van der Waals surface area (Å²) >= 11 is 6.12. The van der Waals surface area contributed by atoms with Crippen molar-refractivity contribution < 1.29 is 13.2 Å². The minimum absolute atomic E-state index is 0.137. The van der Waals surface area contributed by atoms with Crippen LogP contribution in [0.2, 0.25) is 0 Å². The second kappa shape index (κ2) is 5.76. The van der Waals surface area contributed by atoms with Crippen LogP contribution in [0.1, 0.15) is 17.7 Å². The van der Waals surface area contributed by atoms with E-state index in [1.165, 1.54) is 0 Å². The van der Waals surface area contributed by atoms with E-state index in [1.54, 1.807) is 11.3 Å². The molecule has 2 nitrogen and oxygen atoms in total. The minimum atomic E-state index is -4.37. The van der Waals surface area contributed by atoms with Crippen molar-refractivity contribution in [3.05, 3.63) is 22.4 Å². The third-order valence-electron chi connectivity index (χ3n) is 3.16. The Bertz CT molecular complexity index is 427. The molecule has 0 spiro atoms. The summed E-state index contributed by atoms with van der Waals surface area (Å²) in [7, 11) is 0. The van der Waals surface area contributed by atoms with Gasteiger partial charge in [0.1, 0.15) is 5.92 Å². The molecule has 19 heavy (non-hydrogen) atoms. The molecular weight excluding hydrogens is 293 g/mol. The van der Waals surface area contributed by atoms with Crippen LogP contribution in [0.5, 0.6) is 0 Å². The molecule has 1 heterocycles. The Balaban J connectivity index is 2.05. The quantitative estimate of drug-likeness (QED) is 0.819. The molecule has 2 N–H and O–H groups in total. The van der Waals surface area contributed by atoms with Gasteiger partial charge in [-0.25, -0.2) is 0 Å². The van der Waals surface area contributed by atoms with Gasteiger partial charge in [-0.05, 0) is 24.3 Å². The fourth-order valence-electron chi connectivity index (χ4n) is 1.97. The largest absolute Gasteiger partial charge is 0.399 e. The van der Waals surface area contributed by atoms with Gasteiger partial charge in [0.05, 0.1) is 4.99 Å². The van der Waals surface area contributed by atoms with Gasteiger partial charge in [-0.1, -0.05) is 18.3 Å². The van der Waals surface area contributed by atoms with Gasteiger partial charge < -0.3 is 5.73 Å². The first-order valence-corrected chi connectivity index (χ1v) is 7.29. The zero-order valence-electron chi connectivity index (χ0n) is 10.2. The summed E-state index contributed by atoms with van der Waals surface area (Å²) in [5.74, 6) is -1.72. The summed E-state index contributed by atoms with van der Waals surface area (Å²) in [6.45, 7) is 0.402. The van der Waals surface area contributed by atoms with Crippen LogP contribution < -0.4 is 5.73 Å². The standard InChI is InChI=1S/C12H15F3N2S2/c13-12(14,15)10(11(16)18)7-17(8-3-4-8)6-9-2-1-5-19-9/h1-2,5,8,10H,3-4,6-7H2,(H2,16,18). The molecule has 0 amide bonds. The summed E-state index contributed by atoms with van der Waals surface area (Å²) in [4.78, 5) is 2.45. The molecule has 1 aliphatic carbocycles. The van der Waals surface area contributed by atoms with E-state index >= 15 is 0 Å². The number of hydrogen-bond acceptors (Lipinski definition) is 3. The van der Waals surface area contributed by atoms with Gasteiger partial charge in [0.25, 0.3) is 0 Å². The van der Waals surface area contributed by atoms with Crippen LogP contribution in [-0.2, 0) is 6.54 Å². The Hall–Kier alpha value is -0.660. The molecule has 1 saturated carbocycles. The molecule has 7 heteroatoms. The molecule has 0 bridgehead atoms. The van der Waals surface area contributed by atoms with Crippen molar-refractivity contribution in [3.63, 3.8) is 0 Å². The molecule has 1 aliphatic rings.